The summed E-state index contributed by atoms with van der Waals surface area (Å²) < 4.78 is 11.9. The third kappa shape index (κ3) is 9.18. The van der Waals surface area contributed by atoms with E-state index in [2.05, 4.69) is 15.6 Å². The maximum Gasteiger partial charge on any atom is 0.303 e. The van der Waals surface area contributed by atoms with Gasteiger partial charge < -0.3 is 41.2 Å². The standard InChI is InChI=1S/C36H50N4O7/c1-38-23-36(18-14-25(22-36)10-13-32(43)44)47-31-21-26(20-28(33(31)45)40-34(37)39-2)35(15-4-5-16-35)17-6-7-27(41)11-8-24-9-12-29(42)30(19-24)46-3/h6-7,9,12,19-21,25,38,42,45H,4-5,8,10-11,13-18,22-23H2,1-3H3,(H,43,44)(H3,37,39,40). The van der Waals surface area contributed by atoms with Gasteiger partial charge in [-0.05, 0) is 111 Å². The van der Waals surface area contributed by atoms with Gasteiger partial charge in [-0.25, -0.2) is 0 Å². The van der Waals surface area contributed by atoms with Crippen molar-refractivity contribution in [2.24, 2.45) is 16.6 Å². The maximum atomic E-state index is 12.9. The van der Waals surface area contributed by atoms with E-state index in [0.29, 0.717) is 55.8 Å². The first-order valence-electron chi connectivity index (χ1n) is 16.5. The molecule has 2 aliphatic carbocycles. The van der Waals surface area contributed by atoms with Gasteiger partial charge in [-0.2, -0.15) is 0 Å². The molecule has 2 aromatic carbocycles. The summed E-state index contributed by atoms with van der Waals surface area (Å²) in [6.07, 6.45) is 12.0. The molecule has 2 aromatic rings. The number of guanidine groups is 1. The fourth-order valence-electron chi connectivity index (χ4n) is 7.20. The number of aliphatic imine (C=N–C) groups is 1. The molecule has 0 heterocycles. The quantitative estimate of drug-likeness (QED) is 0.0595. The van der Waals surface area contributed by atoms with Crippen LogP contribution in [0, 0.1) is 5.92 Å². The second-order valence-corrected chi connectivity index (χ2v) is 13.0. The van der Waals surface area contributed by atoms with Gasteiger partial charge in [0, 0.05) is 26.4 Å². The van der Waals surface area contributed by atoms with Crippen LogP contribution in [-0.4, -0.2) is 66.4 Å². The van der Waals surface area contributed by atoms with Crippen molar-refractivity contribution in [1.82, 2.24) is 5.32 Å². The molecule has 0 saturated heterocycles. The largest absolute Gasteiger partial charge is 0.504 e. The zero-order chi connectivity index (χ0) is 34.0. The Balaban J connectivity index is 1.57. The van der Waals surface area contributed by atoms with Crippen LogP contribution >= 0.6 is 0 Å². The summed E-state index contributed by atoms with van der Waals surface area (Å²) in [7, 11) is 4.92. The van der Waals surface area contributed by atoms with Crippen molar-refractivity contribution in [3.8, 4) is 23.0 Å². The fourth-order valence-corrected chi connectivity index (χ4v) is 7.20. The number of allylic oxidation sites excluding steroid dienone is 2. The van der Waals surface area contributed by atoms with Crippen molar-refractivity contribution >= 4 is 23.4 Å². The number of ether oxygens (including phenoxy) is 2. The lowest BCUT2D eigenvalue weighted by Crippen LogP contribution is -2.43. The number of nitrogens with one attached hydrogen (secondary N) is 2. The molecule has 4 rings (SSSR count). The van der Waals surface area contributed by atoms with E-state index < -0.39 is 11.6 Å². The number of phenolic OH excluding ortho intramolecular Hbond substituents is 2. The molecule has 2 unspecified atom stereocenters. The van der Waals surface area contributed by atoms with Crippen LogP contribution in [0.25, 0.3) is 0 Å². The Morgan fingerprint density at radius 1 is 1.11 bits per heavy atom. The van der Waals surface area contributed by atoms with Crippen LogP contribution < -0.4 is 25.8 Å². The number of hydrogen-bond donors (Lipinski definition) is 6. The van der Waals surface area contributed by atoms with E-state index in [1.165, 1.54) is 7.11 Å². The van der Waals surface area contributed by atoms with Crippen LogP contribution in [0.2, 0.25) is 0 Å². The number of ketones is 1. The number of anilines is 1. The van der Waals surface area contributed by atoms with Crippen LogP contribution in [0.4, 0.5) is 5.69 Å². The molecule has 0 amide bonds. The molecular weight excluding hydrogens is 600 g/mol. The van der Waals surface area contributed by atoms with Crippen LogP contribution in [0.15, 0.2) is 47.5 Å². The van der Waals surface area contributed by atoms with Gasteiger partial charge in [-0.15, -0.1) is 0 Å². The van der Waals surface area contributed by atoms with Gasteiger partial charge in [0.1, 0.15) is 5.60 Å². The number of aryl methyl sites for hydroxylation is 1. The molecule has 11 nitrogen and oxygen atoms in total. The normalized spacial score (nSPS) is 20.8. The Morgan fingerprint density at radius 2 is 1.87 bits per heavy atom. The van der Waals surface area contributed by atoms with Gasteiger partial charge in [0.25, 0.3) is 0 Å². The number of phenols is 2. The second-order valence-electron chi connectivity index (χ2n) is 13.0. The van der Waals surface area contributed by atoms with E-state index in [9.17, 15) is 24.9 Å². The number of benzene rings is 2. The molecule has 2 aliphatic rings. The van der Waals surface area contributed by atoms with E-state index in [0.717, 1.165) is 49.7 Å². The molecule has 2 fully saturated rings. The van der Waals surface area contributed by atoms with E-state index in [-0.39, 0.29) is 41.0 Å². The molecule has 0 radical (unpaired) electrons. The van der Waals surface area contributed by atoms with Crippen molar-refractivity contribution in [2.45, 2.75) is 88.1 Å². The van der Waals surface area contributed by atoms with Crippen molar-refractivity contribution in [3.63, 3.8) is 0 Å². The van der Waals surface area contributed by atoms with Gasteiger partial charge in [0.15, 0.2) is 34.7 Å². The summed E-state index contributed by atoms with van der Waals surface area (Å²) in [5.74, 6) is 0.314. The summed E-state index contributed by atoms with van der Waals surface area (Å²) >= 11 is 0. The predicted octanol–water partition coefficient (Wildman–Crippen LogP) is 5.42. The highest BCUT2D eigenvalue weighted by molar-refractivity contribution is 5.94. The van der Waals surface area contributed by atoms with Crippen LogP contribution in [0.5, 0.6) is 23.0 Å². The van der Waals surface area contributed by atoms with Gasteiger partial charge >= 0.3 is 5.97 Å². The van der Waals surface area contributed by atoms with Gasteiger partial charge in [0.05, 0.1) is 12.8 Å². The smallest absolute Gasteiger partial charge is 0.303 e. The minimum Gasteiger partial charge on any atom is -0.504 e. The first kappa shape index (κ1) is 35.6. The molecule has 256 valence electrons. The van der Waals surface area contributed by atoms with Gasteiger partial charge in [0.2, 0.25) is 0 Å². The van der Waals surface area contributed by atoms with Crippen molar-refractivity contribution in [2.75, 3.05) is 33.1 Å². The Morgan fingerprint density at radius 3 is 2.55 bits per heavy atom. The number of carboxylic acids is 1. The Bertz CT molecular complexity index is 1470. The van der Waals surface area contributed by atoms with Crippen LogP contribution in [0.1, 0.15) is 81.8 Å². The highest BCUT2D eigenvalue weighted by Crippen LogP contribution is 2.50. The van der Waals surface area contributed by atoms with E-state index >= 15 is 0 Å². The number of rotatable bonds is 16. The summed E-state index contributed by atoms with van der Waals surface area (Å²) in [6.45, 7) is 0.550. The number of methoxy groups -OCH3 is 1. The molecule has 0 aromatic heterocycles. The number of hydrogen-bond acceptors (Lipinski definition) is 8. The maximum absolute atomic E-state index is 12.9. The third-order valence-electron chi connectivity index (χ3n) is 9.73. The monoisotopic (exact) mass is 650 g/mol. The number of aromatic hydroxyl groups is 2. The second kappa shape index (κ2) is 16.0. The lowest BCUT2D eigenvalue weighted by Gasteiger charge is -2.34. The summed E-state index contributed by atoms with van der Waals surface area (Å²) in [6, 6.07) is 8.95. The van der Waals surface area contributed by atoms with E-state index in [1.807, 2.05) is 25.3 Å². The number of carbonyl (C=O) groups excluding carboxylic acids is 1. The number of likely N-dealkylation sites (N-methyl/N-ethyl adjacent to an activating group) is 1. The van der Waals surface area contributed by atoms with Crippen molar-refractivity contribution in [1.29, 1.82) is 0 Å². The third-order valence-corrected chi connectivity index (χ3v) is 9.73. The zero-order valence-electron chi connectivity index (χ0n) is 27.8. The Hall–Kier alpha value is -4.25. The first-order chi connectivity index (χ1) is 22.5. The summed E-state index contributed by atoms with van der Waals surface area (Å²) in [4.78, 5) is 28.1. The zero-order valence-corrected chi connectivity index (χ0v) is 27.8. The highest BCUT2D eigenvalue weighted by atomic mass is 16.5. The van der Waals surface area contributed by atoms with Gasteiger partial charge in [-0.1, -0.05) is 25.0 Å². The Labute approximate surface area is 277 Å². The molecule has 11 heteroatoms. The SMILES string of the molecule is CN=C(N)Nc1cc(C2(CC=CC(=O)CCc3ccc(O)c(OC)c3)CCCC2)cc(OC2(CNC)CCC(CCC(=O)O)C2)c1O. The topological polar surface area (TPSA) is 176 Å². The predicted molar refractivity (Wildman–Crippen MR) is 183 cm³/mol. The first-order valence-corrected chi connectivity index (χ1v) is 16.5. The van der Waals surface area contributed by atoms with Crippen molar-refractivity contribution < 1.29 is 34.4 Å². The average molecular weight is 651 g/mol. The molecule has 0 aliphatic heterocycles. The molecule has 0 spiro atoms. The van der Waals surface area contributed by atoms with E-state index in [4.69, 9.17) is 15.2 Å². The summed E-state index contributed by atoms with van der Waals surface area (Å²) in [5, 5.41) is 36.8. The Kier molecular flexibility index (Phi) is 12.1. The minimum absolute atomic E-state index is 0.0156. The fraction of sp³-hybridized carbons (Fsp3) is 0.528. The van der Waals surface area contributed by atoms with Crippen molar-refractivity contribution in [3.05, 3.63) is 53.6 Å². The number of carbonyl (C=O) groups is 2. The molecule has 7 N–H and O–H groups in total. The lowest BCUT2D eigenvalue weighted by molar-refractivity contribution is -0.137. The number of aliphatic carboxylic acids is 1. The molecule has 2 saturated carbocycles. The molecule has 2 atom stereocenters. The lowest BCUT2D eigenvalue weighted by atomic mass is 9.75. The number of carboxylic acid groups (broad SMARTS) is 1. The molecule has 47 heavy (non-hydrogen) atoms. The highest BCUT2D eigenvalue weighted by Gasteiger charge is 2.42. The van der Waals surface area contributed by atoms with Crippen LogP contribution in [-0.2, 0) is 21.4 Å². The number of nitrogens with zero attached hydrogens (tertiary/aromatic N) is 1. The minimum atomic E-state index is -0.802. The molecular formula is C36H50N4O7. The van der Waals surface area contributed by atoms with Crippen LogP contribution in [0.3, 0.4) is 0 Å². The summed E-state index contributed by atoms with van der Waals surface area (Å²) in [5.41, 5.74) is 7.47. The number of nitrogens with two attached hydrogens (primary N) is 1. The van der Waals surface area contributed by atoms with Gasteiger partial charge in [-0.3, -0.25) is 14.6 Å². The average Bonchev–Trinajstić information content (AvgIpc) is 3.69. The molecule has 0 bridgehead atoms. The van der Waals surface area contributed by atoms with E-state index in [1.54, 1.807) is 31.3 Å².